The predicted molar refractivity (Wildman–Crippen MR) is 11.7 cm³/mol. The van der Waals surface area contributed by atoms with Crippen LogP contribution >= 0.6 is 0 Å². The Balaban J connectivity index is -0.0000000575. The topological polar surface area (TPSA) is 74.3 Å². The monoisotopic (exact) mass is 145 g/mol. The summed E-state index contributed by atoms with van der Waals surface area (Å²) in [5.74, 6) is -1.33. The minimum absolute atomic E-state index is 0. The fourth-order valence-electron chi connectivity index (χ4n) is 0. The first kappa shape index (κ1) is 15.7. The SMILES string of the molecule is [CH2-]C(=O)[O-].[Li+].[O]=[Ti]=[O]. The van der Waals surface area contributed by atoms with E-state index in [0.717, 1.165) is 0 Å². The molecule has 0 aromatic heterocycles. The number of carbonyl (C=O) groups excluding carboxylic acids is 1. The van der Waals surface area contributed by atoms with E-state index >= 15 is 0 Å². The van der Waals surface area contributed by atoms with E-state index in [2.05, 4.69) is 6.92 Å². The van der Waals surface area contributed by atoms with Crippen molar-refractivity contribution in [1.29, 1.82) is 0 Å². The van der Waals surface area contributed by atoms with Crippen LogP contribution in [0.4, 0.5) is 0 Å². The van der Waals surface area contributed by atoms with Gasteiger partial charge < -0.3 is 16.8 Å². The fraction of sp³-hybridized carbons (Fsp3) is 0. The molecule has 40 valence electrons. The summed E-state index contributed by atoms with van der Waals surface area (Å²) >= 11 is -2.00. The molecule has 0 aromatic carbocycles. The third kappa shape index (κ3) is 2720. The average molecular weight is 145 g/mol. The molecule has 0 rings (SSSR count). The molecule has 0 aliphatic heterocycles. The Morgan fingerprint density at radius 3 is 1.50 bits per heavy atom. The number of carboxylic acid groups (broad SMARTS) is 1. The van der Waals surface area contributed by atoms with Crippen molar-refractivity contribution in [1.82, 2.24) is 0 Å². The summed E-state index contributed by atoms with van der Waals surface area (Å²) in [6.07, 6.45) is 0. The van der Waals surface area contributed by atoms with Crippen molar-refractivity contribution in [2.75, 3.05) is 0 Å². The van der Waals surface area contributed by atoms with E-state index < -0.39 is 25.1 Å². The predicted octanol–water partition coefficient (Wildman–Crippen LogP) is -4.67. The van der Waals surface area contributed by atoms with Crippen LogP contribution < -0.4 is 24.0 Å². The zero-order valence-electron chi connectivity index (χ0n) is 4.34. The summed E-state index contributed by atoms with van der Waals surface area (Å²) in [6, 6.07) is 0. The van der Waals surface area contributed by atoms with Gasteiger partial charge in [0.05, 0.1) is 0 Å². The number of rotatable bonds is 0. The van der Waals surface area contributed by atoms with Gasteiger partial charge in [0.1, 0.15) is 0 Å². The molecular formula is C2H2LiO4Ti-. The van der Waals surface area contributed by atoms with Gasteiger partial charge in [0.25, 0.3) is 0 Å². The van der Waals surface area contributed by atoms with Gasteiger partial charge in [0.15, 0.2) is 0 Å². The van der Waals surface area contributed by atoms with E-state index in [1.54, 1.807) is 0 Å². The van der Waals surface area contributed by atoms with Crippen molar-refractivity contribution < 1.29 is 54.5 Å². The zero-order chi connectivity index (χ0) is 6.28. The number of carboxylic acids is 1. The molecule has 0 aliphatic rings. The molecule has 0 saturated heterocycles. The summed E-state index contributed by atoms with van der Waals surface area (Å²) in [4.78, 5) is 8.78. The Morgan fingerprint density at radius 2 is 1.50 bits per heavy atom. The number of aliphatic carboxylic acids is 1. The normalized spacial score (nSPS) is 4.00. The van der Waals surface area contributed by atoms with Crippen molar-refractivity contribution in [2.24, 2.45) is 0 Å². The molecule has 0 unspecified atom stereocenters. The maximum atomic E-state index is 8.78. The van der Waals surface area contributed by atoms with Crippen LogP contribution in [0.1, 0.15) is 0 Å². The van der Waals surface area contributed by atoms with Crippen molar-refractivity contribution in [3.05, 3.63) is 6.92 Å². The summed E-state index contributed by atoms with van der Waals surface area (Å²) in [6.45, 7) is 2.44. The average Bonchev–Trinajstić information content (AvgIpc) is 1.33. The molecule has 0 N–H and O–H groups in total. The molecule has 0 heterocycles. The Hall–Kier alpha value is 0.252. The van der Waals surface area contributed by atoms with E-state index in [1.165, 1.54) is 0 Å². The summed E-state index contributed by atoms with van der Waals surface area (Å²) in [7, 11) is 0. The van der Waals surface area contributed by atoms with Crippen LogP contribution in [0, 0.1) is 6.92 Å². The molecule has 4 nitrogen and oxygen atoms in total. The van der Waals surface area contributed by atoms with Crippen LogP contribution in [0.2, 0.25) is 0 Å². The summed E-state index contributed by atoms with van der Waals surface area (Å²) in [5, 5.41) is 8.78. The Morgan fingerprint density at radius 1 is 1.50 bits per heavy atom. The molecular weight excluding hydrogens is 143 g/mol. The molecule has 0 amide bonds. The van der Waals surface area contributed by atoms with Gasteiger partial charge in [-0.3, -0.25) is 0 Å². The molecule has 0 aliphatic carbocycles. The van der Waals surface area contributed by atoms with Crippen LogP contribution in [-0.4, -0.2) is 5.97 Å². The van der Waals surface area contributed by atoms with Gasteiger partial charge in [-0.05, 0) is 0 Å². The van der Waals surface area contributed by atoms with Gasteiger partial charge >= 0.3 is 44.6 Å². The molecule has 0 bridgehead atoms. The van der Waals surface area contributed by atoms with E-state index in [-0.39, 0.29) is 18.9 Å². The first-order chi connectivity index (χ1) is 3.15. The van der Waals surface area contributed by atoms with Crippen LogP contribution in [0.3, 0.4) is 0 Å². The van der Waals surface area contributed by atoms with E-state index in [1.807, 2.05) is 0 Å². The van der Waals surface area contributed by atoms with Crippen LogP contribution in [-0.2, 0) is 30.5 Å². The maximum absolute atomic E-state index is 8.78. The first-order valence-electron chi connectivity index (χ1n) is 1.17. The van der Waals surface area contributed by atoms with E-state index in [0.29, 0.717) is 0 Å². The molecule has 0 atom stereocenters. The van der Waals surface area contributed by atoms with Gasteiger partial charge in [0, 0.05) is 0 Å². The molecule has 0 aromatic rings. The van der Waals surface area contributed by atoms with Crippen molar-refractivity contribution >= 4 is 5.97 Å². The number of hydrogen-bond donors (Lipinski definition) is 0. The molecule has 0 fully saturated rings. The van der Waals surface area contributed by atoms with Crippen molar-refractivity contribution in [3.8, 4) is 0 Å². The standard InChI is InChI=1S/C2H3O2.Li.2O.Ti/c1-2(3)4;;;;/h1H2,(H,3,4);;;;/q-1;+1;;;/p-1. The Kier molecular flexibility index (Phi) is 30.8. The Labute approximate surface area is 67.4 Å². The van der Waals surface area contributed by atoms with Gasteiger partial charge in [-0.2, -0.15) is 0 Å². The van der Waals surface area contributed by atoms with Gasteiger partial charge in [-0.15, -0.1) is 5.97 Å². The minimum atomic E-state index is -2.00. The van der Waals surface area contributed by atoms with E-state index in [9.17, 15) is 0 Å². The molecule has 0 spiro atoms. The van der Waals surface area contributed by atoms with Gasteiger partial charge in [-0.1, -0.05) is 0 Å². The van der Waals surface area contributed by atoms with Crippen LogP contribution in [0.15, 0.2) is 0 Å². The number of hydrogen-bond acceptors (Lipinski definition) is 4. The van der Waals surface area contributed by atoms with Gasteiger partial charge in [0.2, 0.25) is 0 Å². The van der Waals surface area contributed by atoms with Crippen molar-refractivity contribution in [2.45, 2.75) is 0 Å². The first-order valence-corrected chi connectivity index (χ1v) is 2.45. The zero-order valence-corrected chi connectivity index (χ0v) is 5.90. The summed E-state index contributed by atoms with van der Waals surface area (Å²) < 4.78 is 17.0. The van der Waals surface area contributed by atoms with E-state index in [4.69, 9.17) is 16.6 Å². The fourth-order valence-corrected chi connectivity index (χ4v) is 0. The van der Waals surface area contributed by atoms with Crippen molar-refractivity contribution in [3.63, 3.8) is 0 Å². The molecule has 8 heavy (non-hydrogen) atoms. The van der Waals surface area contributed by atoms with Gasteiger partial charge in [-0.25, -0.2) is 0 Å². The number of carbonyl (C=O) groups is 1. The van der Waals surface area contributed by atoms with Crippen LogP contribution in [0.5, 0.6) is 0 Å². The quantitative estimate of drug-likeness (QED) is 0.253. The Bertz CT molecular complexity index is 82.0. The second-order valence-corrected chi connectivity index (χ2v) is 0.716. The third-order valence-electron chi connectivity index (χ3n) is 0. The van der Waals surface area contributed by atoms with Crippen LogP contribution in [0.25, 0.3) is 0 Å². The molecule has 0 saturated carbocycles. The third-order valence-corrected chi connectivity index (χ3v) is 0. The molecule has 6 heteroatoms. The summed E-state index contributed by atoms with van der Waals surface area (Å²) in [5.41, 5.74) is 0. The second-order valence-electron chi connectivity index (χ2n) is 0.455. The second kappa shape index (κ2) is 15.7. The molecule has 0 radical (unpaired) electrons.